The van der Waals surface area contributed by atoms with Crippen LogP contribution >= 0.6 is 0 Å². The molecule has 1 unspecified atom stereocenters. The molecule has 0 radical (unpaired) electrons. The van der Waals surface area contributed by atoms with Gasteiger partial charge in [0.2, 0.25) is 0 Å². The molecule has 4 heteroatoms. The number of carbonyl (C=O) groups is 1. The molecule has 0 saturated heterocycles. The van der Waals surface area contributed by atoms with E-state index in [1.54, 1.807) is 6.07 Å². The molecule has 0 aromatic heterocycles. The standard InChI is InChI=1S/C15H15NO3/c1-18-15(17)11-5-6-14-12(8-11)9-13-4-2-3-7-16(13)10-19-14/h2-8,13H,9-10H2,1H3. The van der Waals surface area contributed by atoms with Crippen LogP contribution in [-0.4, -0.2) is 30.8 Å². The van der Waals surface area contributed by atoms with E-state index in [4.69, 9.17) is 9.47 Å². The predicted octanol–water partition coefficient (Wildman–Crippen LogP) is 2.12. The van der Waals surface area contributed by atoms with Crippen molar-refractivity contribution in [3.05, 3.63) is 53.8 Å². The van der Waals surface area contributed by atoms with Gasteiger partial charge in [-0.05, 0) is 29.8 Å². The van der Waals surface area contributed by atoms with Gasteiger partial charge in [-0.15, -0.1) is 0 Å². The third-order valence-electron chi connectivity index (χ3n) is 3.43. The molecular formula is C15H15NO3. The number of ether oxygens (including phenoxy) is 2. The highest BCUT2D eigenvalue weighted by Crippen LogP contribution is 2.28. The molecule has 0 N–H and O–H groups in total. The van der Waals surface area contributed by atoms with Crippen LogP contribution in [0.3, 0.4) is 0 Å². The van der Waals surface area contributed by atoms with Crippen molar-refractivity contribution in [1.29, 1.82) is 0 Å². The molecule has 0 spiro atoms. The molecule has 2 heterocycles. The van der Waals surface area contributed by atoms with Gasteiger partial charge >= 0.3 is 5.97 Å². The Morgan fingerprint density at radius 3 is 3.16 bits per heavy atom. The number of fused-ring (bicyclic) bond motifs is 2. The van der Waals surface area contributed by atoms with Gasteiger partial charge in [0.15, 0.2) is 6.73 Å². The highest BCUT2D eigenvalue weighted by atomic mass is 16.5. The summed E-state index contributed by atoms with van der Waals surface area (Å²) in [5.74, 6) is 0.520. The molecule has 1 aromatic carbocycles. The number of esters is 1. The fourth-order valence-corrected chi connectivity index (χ4v) is 2.39. The lowest BCUT2D eigenvalue weighted by molar-refractivity contribution is 0.0600. The average Bonchev–Trinajstić information content (AvgIpc) is 2.64. The number of allylic oxidation sites excluding steroid dienone is 2. The van der Waals surface area contributed by atoms with Crippen molar-refractivity contribution in [2.24, 2.45) is 0 Å². The third-order valence-corrected chi connectivity index (χ3v) is 3.43. The number of rotatable bonds is 1. The van der Waals surface area contributed by atoms with Crippen molar-refractivity contribution in [3.8, 4) is 5.75 Å². The van der Waals surface area contributed by atoms with Gasteiger partial charge in [-0.2, -0.15) is 0 Å². The maximum atomic E-state index is 11.6. The van der Waals surface area contributed by atoms with E-state index >= 15 is 0 Å². The van der Waals surface area contributed by atoms with Gasteiger partial charge in [0.25, 0.3) is 0 Å². The molecular weight excluding hydrogens is 242 g/mol. The first-order valence-electron chi connectivity index (χ1n) is 6.23. The van der Waals surface area contributed by atoms with Gasteiger partial charge in [-0.3, -0.25) is 0 Å². The van der Waals surface area contributed by atoms with Crippen molar-refractivity contribution in [3.63, 3.8) is 0 Å². The van der Waals surface area contributed by atoms with E-state index in [0.717, 1.165) is 17.7 Å². The topological polar surface area (TPSA) is 38.8 Å². The Bertz CT molecular complexity index is 563. The van der Waals surface area contributed by atoms with Crippen LogP contribution in [0.4, 0.5) is 0 Å². The maximum Gasteiger partial charge on any atom is 0.337 e. The molecule has 0 amide bonds. The smallest absolute Gasteiger partial charge is 0.337 e. The molecule has 2 aliphatic rings. The van der Waals surface area contributed by atoms with E-state index in [1.807, 2.05) is 30.5 Å². The molecule has 3 rings (SSSR count). The van der Waals surface area contributed by atoms with Gasteiger partial charge < -0.3 is 14.4 Å². The summed E-state index contributed by atoms with van der Waals surface area (Å²) in [6.45, 7) is 0.524. The third kappa shape index (κ3) is 2.21. The number of carbonyl (C=O) groups excluding carboxylic acids is 1. The first-order chi connectivity index (χ1) is 9.28. The minimum atomic E-state index is -0.317. The quantitative estimate of drug-likeness (QED) is 0.722. The Labute approximate surface area is 111 Å². The van der Waals surface area contributed by atoms with E-state index in [2.05, 4.69) is 11.0 Å². The molecule has 0 fully saturated rings. The molecule has 2 aliphatic heterocycles. The second-order valence-corrected chi connectivity index (χ2v) is 4.60. The van der Waals surface area contributed by atoms with Gasteiger partial charge in [-0.1, -0.05) is 12.2 Å². The summed E-state index contributed by atoms with van der Waals surface area (Å²) < 4.78 is 10.5. The molecule has 19 heavy (non-hydrogen) atoms. The van der Waals surface area contributed by atoms with E-state index in [-0.39, 0.29) is 12.0 Å². The summed E-state index contributed by atoms with van der Waals surface area (Å²) in [6.07, 6.45) is 9.02. The van der Waals surface area contributed by atoms with Gasteiger partial charge in [-0.25, -0.2) is 4.79 Å². The van der Waals surface area contributed by atoms with Crippen molar-refractivity contribution < 1.29 is 14.3 Å². The van der Waals surface area contributed by atoms with Gasteiger partial charge in [0, 0.05) is 12.6 Å². The van der Waals surface area contributed by atoms with Crippen LogP contribution in [0.1, 0.15) is 15.9 Å². The summed E-state index contributed by atoms with van der Waals surface area (Å²) >= 11 is 0. The SMILES string of the molecule is COC(=O)c1ccc2c(c1)CC1C=CC=CN1CO2. The van der Waals surface area contributed by atoms with Crippen LogP contribution in [0.15, 0.2) is 42.6 Å². The average molecular weight is 257 g/mol. The second kappa shape index (κ2) is 4.80. The van der Waals surface area contributed by atoms with Crippen LogP contribution in [0.5, 0.6) is 5.75 Å². The van der Waals surface area contributed by atoms with Crippen LogP contribution in [0.25, 0.3) is 0 Å². The largest absolute Gasteiger partial charge is 0.473 e. The van der Waals surface area contributed by atoms with Crippen molar-refractivity contribution >= 4 is 5.97 Å². The highest BCUT2D eigenvalue weighted by molar-refractivity contribution is 5.89. The number of hydrogen-bond acceptors (Lipinski definition) is 4. The Morgan fingerprint density at radius 1 is 1.42 bits per heavy atom. The number of methoxy groups -OCH3 is 1. The van der Waals surface area contributed by atoms with Gasteiger partial charge in [0.05, 0.1) is 18.7 Å². The first-order valence-corrected chi connectivity index (χ1v) is 6.23. The van der Waals surface area contributed by atoms with E-state index in [0.29, 0.717) is 12.3 Å². The Hall–Kier alpha value is -2.23. The molecule has 1 aromatic rings. The second-order valence-electron chi connectivity index (χ2n) is 4.60. The Balaban J connectivity index is 1.93. The fourth-order valence-electron chi connectivity index (χ4n) is 2.39. The van der Waals surface area contributed by atoms with Crippen molar-refractivity contribution in [2.75, 3.05) is 13.8 Å². The maximum absolute atomic E-state index is 11.6. The Morgan fingerprint density at radius 2 is 2.32 bits per heavy atom. The zero-order valence-electron chi connectivity index (χ0n) is 10.7. The van der Waals surface area contributed by atoms with Crippen molar-refractivity contribution in [2.45, 2.75) is 12.5 Å². The van der Waals surface area contributed by atoms with Crippen LogP contribution in [-0.2, 0) is 11.2 Å². The monoisotopic (exact) mass is 257 g/mol. The normalized spacial score (nSPS) is 20.1. The fraction of sp³-hybridized carbons (Fsp3) is 0.267. The van der Waals surface area contributed by atoms with Crippen LogP contribution < -0.4 is 4.74 Å². The molecule has 0 saturated carbocycles. The number of nitrogens with zero attached hydrogens (tertiary/aromatic N) is 1. The molecule has 1 atom stereocenters. The van der Waals surface area contributed by atoms with Crippen LogP contribution in [0, 0.1) is 0 Å². The van der Waals surface area contributed by atoms with Gasteiger partial charge in [0.1, 0.15) is 5.75 Å². The number of benzene rings is 1. The summed E-state index contributed by atoms with van der Waals surface area (Å²) in [6, 6.07) is 5.71. The minimum Gasteiger partial charge on any atom is -0.473 e. The predicted molar refractivity (Wildman–Crippen MR) is 70.9 cm³/mol. The Kier molecular flexibility index (Phi) is 2.99. The van der Waals surface area contributed by atoms with E-state index < -0.39 is 0 Å². The first kappa shape index (κ1) is 11.8. The molecule has 98 valence electrons. The highest BCUT2D eigenvalue weighted by Gasteiger charge is 2.22. The molecule has 0 bridgehead atoms. The zero-order chi connectivity index (χ0) is 13.2. The molecule has 0 aliphatic carbocycles. The summed E-state index contributed by atoms with van der Waals surface area (Å²) in [5.41, 5.74) is 1.60. The number of hydrogen-bond donors (Lipinski definition) is 0. The van der Waals surface area contributed by atoms with E-state index in [1.165, 1.54) is 7.11 Å². The van der Waals surface area contributed by atoms with E-state index in [9.17, 15) is 4.79 Å². The minimum absolute atomic E-state index is 0.277. The summed E-state index contributed by atoms with van der Waals surface area (Å²) in [4.78, 5) is 13.7. The van der Waals surface area contributed by atoms with Crippen molar-refractivity contribution in [1.82, 2.24) is 4.90 Å². The zero-order valence-corrected chi connectivity index (χ0v) is 10.7. The lowest BCUT2D eigenvalue weighted by atomic mass is 10.0. The lowest BCUT2D eigenvalue weighted by Crippen LogP contribution is -2.33. The lowest BCUT2D eigenvalue weighted by Gasteiger charge is -2.26. The summed E-state index contributed by atoms with van der Waals surface area (Å²) in [7, 11) is 1.39. The van der Waals surface area contributed by atoms with Crippen LogP contribution in [0.2, 0.25) is 0 Å². The summed E-state index contributed by atoms with van der Waals surface area (Å²) in [5, 5.41) is 0. The molecule has 4 nitrogen and oxygen atoms in total.